The van der Waals surface area contributed by atoms with Crippen molar-refractivity contribution >= 4 is 45.4 Å². The molecule has 0 spiro atoms. The summed E-state index contributed by atoms with van der Waals surface area (Å²) in [6.07, 6.45) is 1.75. The van der Waals surface area contributed by atoms with Crippen molar-refractivity contribution < 1.29 is 18.7 Å². The monoisotopic (exact) mass is 465 g/mol. The summed E-state index contributed by atoms with van der Waals surface area (Å²) >= 11 is 1.24. The number of nitrogens with one attached hydrogen (secondary N) is 1. The van der Waals surface area contributed by atoms with Crippen LogP contribution < -0.4 is 20.3 Å². The molecular formula is C24H23N3O5S. The summed E-state index contributed by atoms with van der Waals surface area (Å²) in [6.45, 7) is 3.57. The van der Waals surface area contributed by atoms with Crippen molar-refractivity contribution in [1.82, 2.24) is 9.55 Å². The van der Waals surface area contributed by atoms with E-state index in [0.717, 1.165) is 18.2 Å². The Labute approximate surface area is 193 Å². The topological polar surface area (TPSA) is 95.6 Å². The van der Waals surface area contributed by atoms with E-state index in [2.05, 4.69) is 12.2 Å². The molecule has 33 heavy (non-hydrogen) atoms. The van der Waals surface area contributed by atoms with Crippen molar-refractivity contribution in [3.05, 3.63) is 52.8 Å². The normalized spacial score (nSPS) is 12.9. The molecule has 0 fully saturated rings. The summed E-state index contributed by atoms with van der Waals surface area (Å²) in [6, 6.07) is 12.7. The molecule has 0 saturated carbocycles. The molecule has 1 amide bonds. The van der Waals surface area contributed by atoms with E-state index < -0.39 is 0 Å². The first-order valence-corrected chi connectivity index (χ1v) is 11.9. The van der Waals surface area contributed by atoms with Gasteiger partial charge in [0.15, 0.2) is 16.7 Å². The number of unbranched alkanes of at least 4 members (excludes halogenated alkanes) is 1. The van der Waals surface area contributed by atoms with Crippen LogP contribution in [0.4, 0.5) is 5.69 Å². The lowest BCUT2D eigenvalue weighted by Gasteiger charge is -2.19. The number of benzene rings is 2. The van der Waals surface area contributed by atoms with Gasteiger partial charge in [0.05, 0.1) is 5.75 Å². The van der Waals surface area contributed by atoms with Crippen molar-refractivity contribution in [3.63, 3.8) is 0 Å². The second-order valence-electron chi connectivity index (χ2n) is 7.68. The third-order valence-electron chi connectivity index (χ3n) is 5.34. The Morgan fingerprint density at radius 3 is 2.82 bits per heavy atom. The molecule has 1 N–H and O–H groups in total. The molecule has 0 unspecified atom stereocenters. The Morgan fingerprint density at radius 2 is 1.97 bits per heavy atom. The molecule has 1 aliphatic rings. The van der Waals surface area contributed by atoms with E-state index in [0.29, 0.717) is 53.2 Å². The molecule has 0 radical (unpaired) electrons. The number of fused-ring (bicyclic) bond motifs is 4. The van der Waals surface area contributed by atoms with Gasteiger partial charge in [-0.2, -0.15) is 0 Å². The Morgan fingerprint density at radius 1 is 1.15 bits per heavy atom. The average Bonchev–Trinajstić information content (AvgIpc) is 3.21. The maximum absolute atomic E-state index is 13.2. The largest absolute Gasteiger partial charge is 0.486 e. The van der Waals surface area contributed by atoms with Crippen LogP contribution in [0.15, 0.2) is 56.8 Å². The second-order valence-corrected chi connectivity index (χ2v) is 8.62. The summed E-state index contributed by atoms with van der Waals surface area (Å²) < 4.78 is 18.5. The van der Waals surface area contributed by atoms with Crippen molar-refractivity contribution in [2.75, 3.05) is 24.3 Å². The fourth-order valence-corrected chi connectivity index (χ4v) is 4.54. The number of carbonyl (C=O) groups excluding carboxylic acids is 1. The number of carbonyl (C=O) groups is 1. The van der Waals surface area contributed by atoms with E-state index in [1.165, 1.54) is 11.8 Å². The minimum absolute atomic E-state index is 0.105. The van der Waals surface area contributed by atoms with Crippen LogP contribution in [-0.4, -0.2) is 34.4 Å². The van der Waals surface area contributed by atoms with Crippen LogP contribution in [0.2, 0.25) is 0 Å². The van der Waals surface area contributed by atoms with Crippen LogP contribution in [0, 0.1) is 0 Å². The lowest BCUT2D eigenvalue weighted by atomic mass is 10.2. The van der Waals surface area contributed by atoms with Gasteiger partial charge in [-0.05, 0) is 30.7 Å². The van der Waals surface area contributed by atoms with Gasteiger partial charge in [0.1, 0.15) is 24.3 Å². The van der Waals surface area contributed by atoms with Crippen LogP contribution in [0.5, 0.6) is 11.5 Å². The van der Waals surface area contributed by atoms with E-state index in [9.17, 15) is 9.59 Å². The highest BCUT2D eigenvalue weighted by Gasteiger charge is 2.19. The van der Waals surface area contributed by atoms with Crippen molar-refractivity contribution in [2.24, 2.45) is 0 Å². The number of thioether (sulfide) groups is 1. The quantitative estimate of drug-likeness (QED) is 0.318. The van der Waals surface area contributed by atoms with Crippen molar-refractivity contribution in [3.8, 4) is 11.5 Å². The maximum atomic E-state index is 13.2. The van der Waals surface area contributed by atoms with Crippen molar-refractivity contribution in [1.29, 1.82) is 0 Å². The third kappa shape index (κ3) is 4.28. The number of nitrogens with zero attached hydrogens (tertiary/aromatic N) is 2. The molecule has 0 bridgehead atoms. The maximum Gasteiger partial charge on any atom is 0.297 e. The lowest BCUT2D eigenvalue weighted by Crippen LogP contribution is -2.24. The summed E-state index contributed by atoms with van der Waals surface area (Å²) in [5.41, 5.74) is 1.80. The van der Waals surface area contributed by atoms with Crippen molar-refractivity contribution in [2.45, 2.75) is 31.5 Å². The molecule has 170 valence electrons. The molecule has 4 aromatic rings. The fourth-order valence-electron chi connectivity index (χ4n) is 3.73. The van der Waals surface area contributed by atoms with Crippen LogP contribution in [0.3, 0.4) is 0 Å². The lowest BCUT2D eigenvalue weighted by molar-refractivity contribution is -0.113. The predicted molar refractivity (Wildman–Crippen MR) is 127 cm³/mol. The minimum Gasteiger partial charge on any atom is -0.486 e. The minimum atomic E-state index is -0.223. The molecule has 2 aromatic heterocycles. The van der Waals surface area contributed by atoms with Gasteiger partial charge in [0.25, 0.3) is 5.56 Å². The molecule has 3 heterocycles. The number of ether oxygens (including phenoxy) is 2. The Kier molecular flexibility index (Phi) is 5.95. The van der Waals surface area contributed by atoms with Gasteiger partial charge in [0.2, 0.25) is 11.5 Å². The molecule has 0 saturated heterocycles. The molecule has 1 aliphatic heterocycles. The molecule has 5 rings (SSSR count). The van der Waals surface area contributed by atoms with Crippen LogP contribution in [0.25, 0.3) is 22.1 Å². The molecule has 0 atom stereocenters. The zero-order chi connectivity index (χ0) is 22.8. The summed E-state index contributed by atoms with van der Waals surface area (Å²) in [7, 11) is 0. The van der Waals surface area contributed by atoms with Gasteiger partial charge in [0, 0.05) is 23.7 Å². The molecule has 2 aromatic carbocycles. The zero-order valence-electron chi connectivity index (χ0n) is 18.1. The van der Waals surface area contributed by atoms with Gasteiger partial charge in [-0.3, -0.25) is 14.2 Å². The smallest absolute Gasteiger partial charge is 0.297 e. The van der Waals surface area contributed by atoms with Crippen LogP contribution >= 0.6 is 11.8 Å². The van der Waals surface area contributed by atoms with E-state index in [-0.39, 0.29) is 22.8 Å². The number of furan rings is 1. The van der Waals surface area contributed by atoms with E-state index in [4.69, 9.17) is 18.9 Å². The molecule has 0 aliphatic carbocycles. The van der Waals surface area contributed by atoms with Gasteiger partial charge >= 0.3 is 0 Å². The van der Waals surface area contributed by atoms with E-state index in [1.54, 1.807) is 22.8 Å². The molecule has 9 heteroatoms. The number of amides is 1. The second kappa shape index (κ2) is 9.19. The molecular weight excluding hydrogens is 442 g/mol. The zero-order valence-corrected chi connectivity index (χ0v) is 18.9. The molecule has 8 nitrogen and oxygen atoms in total. The fraction of sp³-hybridized carbons (Fsp3) is 0.292. The predicted octanol–water partition coefficient (Wildman–Crippen LogP) is 4.44. The number of anilines is 1. The van der Waals surface area contributed by atoms with Gasteiger partial charge in [-0.1, -0.05) is 37.2 Å². The summed E-state index contributed by atoms with van der Waals surface area (Å²) in [5.74, 6) is 1.18. The highest BCUT2D eigenvalue weighted by atomic mass is 32.2. The Hall–Kier alpha value is -3.46. The Bertz CT molecular complexity index is 1390. The van der Waals surface area contributed by atoms with Gasteiger partial charge in [-0.25, -0.2) is 4.98 Å². The number of para-hydroxylation sites is 1. The number of rotatable bonds is 7. The van der Waals surface area contributed by atoms with Gasteiger partial charge < -0.3 is 19.2 Å². The highest BCUT2D eigenvalue weighted by molar-refractivity contribution is 7.99. The summed E-state index contributed by atoms with van der Waals surface area (Å²) in [5, 5.41) is 4.16. The van der Waals surface area contributed by atoms with Gasteiger partial charge in [-0.15, -0.1) is 0 Å². The summed E-state index contributed by atoms with van der Waals surface area (Å²) in [4.78, 5) is 30.6. The Balaban J connectivity index is 1.39. The third-order valence-corrected chi connectivity index (χ3v) is 6.32. The first-order valence-electron chi connectivity index (χ1n) is 10.9. The highest BCUT2D eigenvalue weighted by Crippen LogP contribution is 2.33. The first-order chi connectivity index (χ1) is 16.1. The number of hydrogen-bond acceptors (Lipinski definition) is 7. The first kappa shape index (κ1) is 21.4. The standard InChI is InChI=1S/C24H23N3O5S/c1-2-3-10-27-23(29)22-21(16-6-4-5-7-17(16)32-22)26-24(27)33-14-20(28)25-15-8-9-18-19(13-15)31-12-11-30-18/h4-9,13H,2-3,10-12,14H2,1H3,(H,25,28). The SMILES string of the molecule is CCCCn1c(SCC(=O)Nc2ccc3c(c2)OCCO3)nc2c(oc3ccccc32)c1=O. The van der Waals surface area contributed by atoms with Crippen LogP contribution in [-0.2, 0) is 11.3 Å². The number of aromatic nitrogens is 2. The van der Waals surface area contributed by atoms with E-state index >= 15 is 0 Å². The number of hydrogen-bond donors (Lipinski definition) is 1. The average molecular weight is 466 g/mol. The van der Waals surface area contributed by atoms with E-state index in [1.807, 2.05) is 24.3 Å². The van der Waals surface area contributed by atoms with Crippen LogP contribution in [0.1, 0.15) is 19.8 Å².